The van der Waals surface area contributed by atoms with Crippen LogP contribution in [0.3, 0.4) is 0 Å². The van der Waals surface area contributed by atoms with Gasteiger partial charge in [-0.25, -0.2) is 0 Å². The average Bonchev–Trinajstić information content (AvgIpc) is 0.722. The summed E-state index contributed by atoms with van der Waals surface area (Å²) in [6, 6.07) is 0. The van der Waals surface area contributed by atoms with Gasteiger partial charge < -0.3 is 9.11 Å². The van der Waals surface area contributed by atoms with Crippen LogP contribution in [0.5, 0.6) is 0 Å². The summed E-state index contributed by atoms with van der Waals surface area (Å²) in [6.45, 7) is 0. The molecule has 0 rings (SSSR count). The van der Waals surface area contributed by atoms with Gasteiger partial charge >= 0.3 is 18.9 Å². The Morgan fingerprint density at radius 2 is 1.17 bits per heavy atom. The second kappa shape index (κ2) is 2.61. The third kappa shape index (κ3) is 246. The fraction of sp³-hybridized carbons (Fsp3) is 0. The summed E-state index contributed by atoms with van der Waals surface area (Å²) in [6.07, 6.45) is 0. The third-order valence-electron chi connectivity index (χ3n) is 0. The predicted molar refractivity (Wildman–Crippen MR) is 10.5 cm³/mol. The molecule has 0 saturated heterocycles. The molecule has 0 aliphatic heterocycles. The topological polar surface area (TPSA) is 80.3 Å². The van der Waals surface area contributed by atoms with Gasteiger partial charge in [0.1, 0.15) is 0 Å². The summed E-state index contributed by atoms with van der Waals surface area (Å²) in [5, 5.41) is 0. The molecule has 0 aromatic rings. The second-order valence-corrected chi connectivity index (χ2v) is 1.22. The van der Waals surface area contributed by atoms with Gasteiger partial charge in [-0.2, -0.15) is 0 Å². The van der Waals surface area contributed by atoms with E-state index >= 15 is 0 Å². The monoisotopic (exact) mass is 103 g/mol. The summed E-state index contributed by atoms with van der Waals surface area (Å²) >= 11 is 0. The van der Waals surface area contributed by atoms with Crippen molar-refractivity contribution < 1.29 is 36.4 Å². The Kier molecular flexibility index (Phi) is 4.21. The van der Waals surface area contributed by atoms with Gasteiger partial charge in [0.25, 0.3) is 0 Å². The van der Waals surface area contributed by atoms with Crippen LogP contribution in [0.15, 0.2) is 0 Å². The Bertz CT molecular complexity index is 90.7. The van der Waals surface area contributed by atoms with E-state index < -0.39 is 10.4 Å². The summed E-state index contributed by atoms with van der Waals surface area (Å²) in [4.78, 5) is 0. The van der Waals surface area contributed by atoms with E-state index in [9.17, 15) is 0 Å². The molecule has 0 heterocycles. The molecule has 32 valence electrons. The minimum Gasteiger partial charge on any atom is -0.759 e. The van der Waals surface area contributed by atoms with Crippen LogP contribution in [0.2, 0.25) is 0 Å². The molecule has 0 spiro atoms. The summed E-state index contributed by atoms with van der Waals surface area (Å²) in [5.74, 6) is 0. The van der Waals surface area contributed by atoms with Crippen molar-refractivity contribution in [1.82, 2.24) is 0 Å². The zero-order chi connectivity index (χ0) is 4.50. The largest absolute Gasteiger partial charge is 1.00 e. The van der Waals surface area contributed by atoms with Crippen molar-refractivity contribution in [3.8, 4) is 0 Å². The third-order valence-corrected chi connectivity index (χ3v) is 0. The maximum atomic E-state index is 8.52. The van der Waals surface area contributed by atoms with Crippen LogP contribution < -0.4 is 18.9 Å². The normalized spacial score (nSPS) is 9.67. The quantitative estimate of drug-likeness (QED) is 0.176. The fourth-order valence-corrected chi connectivity index (χ4v) is 0. The maximum absolute atomic E-state index is 8.52. The summed E-state index contributed by atoms with van der Waals surface area (Å²) in [5.41, 5.74) is 0. The van der Waals surface area contributed by atoms with Crippen molar-refractivity contribution >= 4 is 10.4 Å². The van der Waals surface area contributed by atoms with Crippen molar-refractivity contribution in [2.45, 2.75) is 0 Å². The van der Waals surface area contributed by atoms with Crippen LogP contribution >= 0.6 is 0 Å². The molecule has 0 amide bonds. The fourth-order valence-electron chi connectivity index (χ4n) is 0. The molecule has 0 N–H and O–H groups in total. The smallest absolute Gasteiger partial charge is 0.759 e. The molecule has 4 nitrogen and oxygen atoms in total. The predicted octanol–water partition coefficient (Wildman–Crippen LogP) is -4.33. The SMILES string of the molecule is O=S(=O)([O-])[O-].[Li+]. The van der Waals surface area contributed by atoms with Gasteiger partial charge in [-0.3, -0.25) is 8.42 Å². The minimum absolute atomic E-state index is 0. The molecule has 0 unspecified atom stereocenters. The molecule has 0 aromatic carbocycles. The first-order valence-electron chi connectivity index (χ1n) is 0.667. The van der Waals surface area contributed by atoms with E-state index in [0.29, 0.717) is 0 Å². The average molecular weight is 103 g/mol. The van der Waals surface area contributed by atoms with Crippen LogP contribution in [-0.4, -0.2) is 17.5 Å². The molecular formula is LiO4S-. The molecule has 0 aliphatic rings. The second-order valence-electron chi connectivity index (χ2n) is 0.408. The van der Waals surface area contributed by atoms with Gasteiger partial charge in [0.15, 0.2) is 0 Å². The standard InChI is InChI=1S/Li.H2O4S/c;1-5(2,3)4/h;(H2,1,2,3,4)/q+1;/p-2. The van der Waals surface area contributed by atoms with Crippen molar-refractivity contribution in [1.29, 1.82) is 0 Å². The van der Waals surface area contributed by atoms with Crippen LogP contribution in [-0.2, 0) is 10.4 Å². The minimum atomic E-state index is -5.17. The van der Waals surface area contributed by atoms with Crippen LogP contribution in [0.4, 0.5) is 0 Å². The molecular weight excluding hydrogens is 103 g/mol. The van der Waals surface area contributed by atoms with Crippen LogP contribution in [0, 0.1) is 0 Å². The number of rotatable bonds is 0. The Balaban J connectivity index is 0. The Morgan fingerprint density at radius 1 is 1.17 bits per heavy atom. The van der Waals surface area contributed by atoms with E-state index in [1.165, 1.54) is 0 Å². The molecule has 0 fully saturated rings. The van der Waals surface area contributed by atoms with Crippen molar-refractivity contribution in [3.05, 3.63) is 0 Å². The molecule has 0 atom stereocenters. The molecule has 0 aliphatic carbocycles. The zero-order valence-corrected chi connectivity index (χ0v) is 3.86. The first-order chi connectivity index (χ1) is 2.00. The van der Waals surface area contributed by atoms with Crippen molar-refractivity contribution in [2.24, 2.45) is 0 Å². The Labute approximate surface area is 47.3 Å². The van der Waals surface area contributed by atoms with E-state index in [0.717, 1.165) is 0 Å². The first kappa shape index (κ1) is 9.69. The Hall–Kier alpha value is 0.467. The van der Waals surface area contributed by atoms with Gasteiger partial charge in [0, 0.05) is 10.4 Å². The zero-order valence-electron chi connectivity index (χ0n) is 3.04. The van der Waals surface area contributed by atoms with Crippen LogP contribution in [0.1, 0.15) is 0 Å². The molecule has 0 saturated carbocycles. The molecule has 6 heavy (non-hydrogen) atoms. The summed E-state index contributed by atoms with van der Waals surface area (Å²) < 4.78 is 34.1. The molecule has 0 aromatic heterocycles. The van der Waals surface area contributed by atoms with E-state index in [1.807, 2.05) is 0 Å². The van der Waals surface area contributed by atoms with Crippen molar-refractivity contribution in [2.75, 3.05) is 0 Å². The number of hydrogen-bond donors (Lipinski definition) is 0. The molecule has 0 bridgehead atoms. The van der Waals surface area contributed by atoms with Gasteiger partial charge in [-0.15, -0.1) is 0 Å². The van der Waals surface area contributed by atoms with Gasteiger partial charge in [0.2, 0.25) is 0 Å². The van der Waals surface area contributed by atoms with Gasteiger partial charge in [-0.05, 0) is 0 Å². The first-order valence-corrected chi connectivity index (χ1v) is 2.00. The van der Waals surface area contributed by atoms with Crippen LogP contribution in [0.25, 0.3) is 0 Å². The summed E-state index contributed by atoms with van der Waals surface area (Å²) in [7, 11) is -5.17. The molecule has 6 heteroatoms. The van der Waals surface area contributed by atoms with E-state index in [1.54, 1.807) is 0 Å². The molecule has 0 radical (unpaired) electrons. The van der Waals surface area contributed by atoms with Gasteiger partial charge in [0.05, 0.1) is 0 Å². The Morgan fingerprint density at radius 3 is 1.17 bits per heavy atom. The number of hydrogen-bond acceptors (Lipinski definition) is 4. The van der Waals surface area contributed by atoms with E-state index in [2.05, 4.69) is 0 Å². The van der Waals surface area contributed by atoms with E-state index in [-0.39, 0.29) is 18.9 Å². The van der Waals surface area contributed by atoms with Gasteiger partial charge in [-0.1, -0.05) is 0 Å². The maximum Gasteiger partial charge on any atom is 1.00 e. The van der Waals surface area contributed by atoms with E-state index in [4.69, 9.17) is 17.5 Å². The van der Waals surface area contributed by atoms with Crippen molar-refractivity contribution in [3.63, 3.8) is 0 Å².